The molecule has 25 heavy (non-hydrogen) atoms. The van der Waals surface area contributed by atoms with E-state index >= 15 is 0 Å². The van der Waals surface area contributed by atoms with Gasteiger partial charge < -0.3 is 4.90 Å². The largest absolute Gasteiger partial charge is 0.356 e. The van der Waals surface area contributed by atoms with E-state index in [2.05, 4.69) is 40.2 Å². The lowest BCUT2D eigenvalue weighted by Crippen LogP contribution is -2.37. The summed E-state index contributed by atoms with van der Waals surface area (Å²) in [5.74, 6) is 1.80. The molecule has 5 rings (SSSR count). The number of nitrogens with zero attached hydrogens (tertiary/aromatic N) is 4. The van der Waals surface area contributed by atoms with Crippen LogP contribution in [0, 0.1) is 0 Å². The smallest absolute Gasteiger partial charge is 0.164 e. The maximum atomic E-state index is 4.88. The lowest BCUT2D eigenvalue weighted by atomic mass is 10.1. The average Bonchev–Trinajstić information content (AvgIpc) is 3.06. The van der Waals surface area contributed by atoms with Crippen LogP contribution in [-0.4, -0.2) is 28.0 Å². The van der Waals surface area contributed by atoms with Crippen molar-refractivity contribution in [3.8, 4) is 21.8 Å². The molecule has 1 aliphatic rings. The quantitative estimate of drug-likeness (QED) is 0.543. The molecule has 0 aliphatic carbocycles. The molecule has 0 bridgehead atoms. The van der Waals surface area contributed by atoms with Gasteiger partial charge in [-0.15, -0.1) is 11.3 Å². The van der Waals surface area contributed by atoms with Crippen LogP contribution in [-0.2, 0) is 0 Å². The van der Waals surface area contributed by atoms with Crippen LogP contribution >= 0.6 is 11.3 Å². The number of thiophene rings is 1. The van der Waals surface area contributed by atoms with E-state index in [9.17, 15) is 0 Å². The number of pyridine rings is 1. The molecule has 3 aromatic heterocycles. The van der Waals surface area contributed by atoms with E-state index in [1.807, 2.05) is 24.4 Å². The summed E-state index contributed by atoms with van der Waals surface area (Å²) in [7, 11) is 0. The molecule has 122 valence electrons. The van der Waals surface area contributed by atoms with Crippen molar-refractivity contribution in [1.29, 1.82) is 0 Å². The number of hydrogen-bond acceptors (Lipinski definition) is 5. The van der Waals surface area contributed by atoms with Crippen molar-refractivity contribution in [3.05, 3.63) is 60.9 Å². The SMILES string of the molecule is c1ccc(-c2cc3c(N4CCC4)nc(-c4cccnc4)nc3s2)cc1. The fourth-order valence-corrected chi connectivity index (χ4v) is 4.08. The van der Waals surface area contributed by atoms with Crippen molar-refractivity contribution >= 4 is 27.4 Å². The fraction of sp³-hybridized carbons (Fsp3) is 0.150. The van der Waals surface area contributed by atoms with Crippen molar-refractivity contribution < 1.29 is 0 Å². The molecule has 4 heterocycles. The Hall–Kier alpha value is -2.79. The van der Waals surface area contributed by atoms with Crippen molar-refractivity contribution in [1.82, 2.24) is 15.0 Å². The highest BCUT2D eigenvalue weighted by atomic mass is 32.1. The first-order valence-corrected chi connectivity index (χ1v) is 9.22. The van der Waals surface area contributed by atoms with E-state index in [1.54, 1.807) is 17.5 Å². The van der Waals surface area contributed by atoms with Gasteiger partial charge in [-0.3, -0.25) is 4.98 Å². The minimum atomic E-state index is 0.754. The molecular formula is C20H16N4S. The van der Waals surface area contributed by atoms with Gasteiger partial charge >= 0.3 is 0 Å². The van der Waals surface area contributed by atoms with Crippen molar-refractivity contribution in [2.45, 2.75) is 6.42 Å². The van der Waals surface area contributed by atoms with Gasteiger partial charge in [0.05, 0.1) is 5.39 Å². The highest BCUT2D eigenvalue weighted by Gasteiger charge is 2.22. The number of anilines is 1. The highest BCUT2D eigenvalue weighted by Crippen LogP contribution is 2.38. The van der Waals surface area contributed by atoms with Gasteiger partial charge in [-0.25, -0.2) is 9.97 Å². The molecule has 0 unspecified atom stereocenters. The summed E-state index contributed by atoms with van der Waals surface area (Å²) in [6.07, 6.45) is 4.83. The summed E-state index contributed by atoms with van der Waals surface area (Å²) in [5.41, 5.74) is 2.18. The molecule has 4 aromatic rings. The van der Waals surface area contributed by atoms with Gasteiger partial charge in [0, 0.05) is 35.9 Å². The lowest BCUT2D eigenvalue weighted by Gasteiger charge is -2.32. The second-order valence-electron chi connectivity index (χ2n) is 6.15. The molecule has 0 saturated carbocycles. The maximum Gasteiger partial charge on any atom is 0.164 e. The first-order valence-electron chi connectivity index (χ1n) is 8.41. The molecule has 0 radical (unpaired) electrons. The third-order valence-corrected chi connectivity index (χ3v) is 5.58. The van der Waals surface area contributed by atoms with Gasteiger partial charge in [0.2, 0.25) is 0 Å². The van der Waals surface area contributed by atoms with E-state index in [1.165, 1.54) is 16.9 Å². The monoisotopic (exact) mass is 344 g/mol. The maximum absolute atomic E-state index is 4.88. The van der Waals surface area contributed by atoms with Crippen molar-refractivity contribution in [3.63, 3.8) is 0 Å². The predicted molar refractivity (Wildman–Crippen MR) is 103 cm³/mol. The van der Waals surface area contributed by atoms with Gasteiger partial charge in [0.1, 0.15) is 10.6 Å². The molecule has 1 fully saturated rings. The minimum absolute atomic E-state index is 0.754. The van der Waals surface area contributed by atoms with Crippen LogP contribution in [0.3, 0.4) is 0 Å². The summed E-state index contributed by atoms with van der Waals surface area (Å²) < 4.78 is 0. The Morgan fingerprint density at radius 2 is 1.76 bits per heavy atom. The van der Waals surface area contributed by atoms with Gasteiger partial charge in [0.25, 0.3) is 0 Å². The summed E-state index contributed by atoms with van der Waals surface area (Å²) in [4.78, 5) is 18.5. The van der Waals surface area contributed by atoms with Gasteiger partial charge in [-0.1, -0.05) is 30.3 Å². The summed E-state index contributed by atoms with van der Waals surface area (Å²) >= 11 is 1.73. The number of aromatic nitrogens is 3. The number of fused-ring (bicyclic) bond motifs is 1. The average molecular weight is 344 g/mol. The molecule has 0 amide bonds. The van der Waals surface area contributed by atoms with Crippen molar-refractivity contribution in [2.75, 3.05) is 18.0 Å². The Kier molecular flexibility index (Phi) is 3.45. The van der Waals surface area contributed by atoms with Crippen LogP contribution in [0.2, 0.25) is 0 Å². The summed E-state index contributed by atoms with van der Waals surface area (Å²) in [6.45, 7) is 2.13. The van der Waals surface area contributed by atoms with E-state index in [4.69, 9.17) is 9.97 Å². The third-order valence-electron chi connectivity index (χ3n) is 4.51. The Morgan fingerprint density at radius 3 is 2.48 bits per heavy atom. The van der Waals surface area contributed by atoms with Crippen LogP contribution in [0.5, 0.6) is 0 Å². The molecule has 5 heteroatoms. The number of rotatable bonds is 3. The van der Waals surface area contributed by atoms with Crippen LogP contribution in [0.15, 0.2) is 60.9 Å². The Labute approximate surface area is 149 Å². The molecule has 0 spiro atoms. The Balaban J connectivity index is 1.71. The van der Waals surface area contributed by atoms with E-state index in [-0.39, 0.29) is 0 Å². The van der Waals surface area contributed by atoms with Crippen LogP contribution in [0.1, 0.15) is 6.42 Å². The molecule has 0 atom stereocenters. The molecule has 1 aliphatic heterocycles. The Morgan fingerprint density at radius 1 is 0.920 bits per heavy atom. The highest BCUT2D eigenvalue weighted by molar-refractivity contribution is 7.22. The predicted octanol–water partition coefficient (Wildman–Crippen LogP) is 4.63. The summed E-state index contributed by atoms with van der Waals surface area (Å²) in [5, 5.41) is 1.15. The second-order valence-corrected chi connectivity index (χ2v) is 7.18. The molecule has 0 N–H and O–H groups in total. The number of hydrogen-bond donors (Lipinski definition) is 0. The van der Waals surface area contributed by atoms with Crippen molar-refractivity contribution in [2.24, 2.45) is 0 Å². The minimum Gasteiger partial charge on any atom is -0.356 e. The molecular weight excluding hydrogens is 328 g/mol. The normalized spacial score (nSPS) is 13.8. The third kappa shape index (κ3) is 2.57. The molecule has 1 saturated heterocycles. The van der Waals surface area contributed by atoms with E-state index < -0.39 is 0 Å². The zero-order valence-electron chi connectivity index (χ0n) is 13.6. The molecule has 4 nitrogen and oxygen atoms in total. The van der Waals surface area contributed by atoms with Gasteiger partial charge in [0.15, 0.2) is 5.82 Å². The zero-order chi connectivity index (χ0) is 16.6. The van der Waals surface area contributed by atoms with E-state index in [0.29, 0.717) is 0 Å². The van der Waals surface area contributed by atoms with Crippen LogP contribution in [0.4, 0.5) is 5.82 Å². The topological polar surface area (TPSA) is 41.9 Å². The van der Waals surface area contributed by atoms with Crippen LogP contribution < -0.4 is 4.90 Å². The van der Waals surface area contributed by atoms with Gasteiger partial charge in [-0.2, -0.15) is 0 Å². The van der Waals surface area contributed by atoms with E-state index in [0.717, 1.165) is 40.5 Å². The number of benzene rings is 1. The summed E-state index contributed by atoms with van der Waals surface area (Å²) in [6, 6.07) is 16.6. The molecule has 1 aromatic carbocycles. The van der Waals surface area contributed by atoms with Crippen LogP contribution in [0.25, 0.3) is 32.0 Å². The Bertz CT molecular complexity index is 1020. The fourth-order valence-electron chi connectivity index (χ4n) is 3.04. The standard InChI is InChI=1S/C20H16N4S/c1-2-6-14(7-3-1)17-12-16-19(24-10-5-11-24)22-18(23-20(16)25-17)15-8-4-9-21-13-15/h1-4,6-9,12-13H,5,10-11H2. The van der Waals surface area contributed by atoms with Gasteiger partial charge in [-0.05, 0) is 30.2 Å². The lowest BCUT2D eigenvalue weighted by molar-refractivity contribution is 0.612. The first-order chi connectivity index (χ1) is 12.4. The first kappa shape index (κ1) is 14.5. The zero-order valence-corrected chi connectivity index (χ0v) is 14.4. The second kappa shape index (κ2) is 5.93.